The Morgan fingerprint density at radius 2 is 1.65 bits per heavy atom. The molecule has 0 aliphatic heterocycles. The van der Waals surface area contributed by atoms with E-state index in [2.05, 4.69) is 4.72 Å². The van der Waals surface area contributed by atoms with Crippen LogP contribution in [0.2, 0.25) is 0 Å². The predicted octanol–water partition coefficient (Wildman–Crippen LogP) is 2.79. The van der Waals surface area contributed by atoms with Crippen molar-refractivity contribution >= 4 is 22.4 Å². The molecule has 1 aliphatic carbocycles. The quantitative estimate of drug-likeness (QED) is 0.839. The van der Waals surface area contributed by atoms with E-state index in [4.69, 9.17) is 5.73 Å². The van der Waals surface area contributed by atoms with Crippen LogP contribution in [-0.4, -0.2) is 21.0 Å². The SMILES string of the molecule is Cl.NCC(NS(=O)(=O)c1ccccc1-c1ccccc1)C1CC1. The zero-order valence-electron chi connectivity index (χ0n) is 12.7. The van der Waals surface area contributed by atoms with Crippen LogP contribution in [0.3, 0.4) is 0 Å². The maximum absolute atomic E-state index is 12.8. The number of rotatable bonds is 6. The lowest BCUT2D eigenvalue weighted by Crippen LogP contribution is -2.41. The minimum absolute atomic E-state index is 0. The summed E-state index contributed by atoms with van der Waals surface area (Å²) in [5.41, 5.74) is 7.32. The first-order valence-corrected chi connectivity index (χ1v) is 8.97. The predicted molar refractivity (Wildman–Crippen MR) is 95.0 cm³/mol. The van der Waals surface area contributed by atoms with Crippen molar-refractivity contribution in [3.63, 3.8) is 0 Å². The number of benzene rings is 2. The first kappa shape index (κ1) is 17.9. The molecular weight excluding hydrogens is 332 g/mol. The molecule has 2 aromatic rings. The summed E-state index contributed by atoms with van der Waals surface area (Å²) >= 11 is 0. The zero-order chi connectivity index (χ0) is 15.6. The maximum Gasteiger partial charge on any atom is 0.241 e. The number of sulfonamides is 1. The van der Waals surface area contributed by atoms with E-state index in [9.17, 15) is 8.42 Å². The second-order valence-electron chi connectivity index (χ2n) is 5.66. The highest BCUT2D eigenvalue weighted by Crippen LogP contribution is 2.34. The summed E-state index contributed by atoms with van der Waals surface area (Å²) in [6.07, 6.45) is 2.09. The van der Waals surface area contributed by atoms with Crippen LogP contribution in [0.4, 0.5) is 0 Å². The average molecular weight is 353 g/mol. The summed E-state index contributed by atoms with van der Waals surface area (Å²) in [6, 6.07) is 16.4. The molecule has 2 aromatic carbocycles. The number of halogens is 1. The van der Waals surface area contributed by atoms with Crippen LogP contribution in [0.5, 0.6) is 0 Å². The van der Waals surface area contributed by atoms with Crippen molar-refractivity contribution in [2.24, 2.45) is 11.7 Å². The standard InChI is InChI=1S/C17H20N2O2S.ClH/c18-12-16(14-10-11-14)19-22(20,21)17-9-5-4-8-15(17)13-6-2-1-3-7-13;/h1-9,14,16,19H,10-12,18H2;1H. The molecule has 1 fully saturated rings. The summed E-state index contributed by atoms with van der Waals surface area (Å²) in [5.74, 6) is 0.378. The summed E-state index contributed by atoms with van der Waals surface area (Å²) in [7, 11) is -3.59. The molecule has 0 bridgehead atoms. The van der Waals surface area contributed by atoms with Crippen LogP contribution in [0.1, 0.15) is 12.8 Å². The van der Waals surface area contributed by atoms with Crippen LogP contribution in [0.15, 0.2) is 59.5 Å². The lowest BCUT2D eigenvalue weighted by molar-refractivity contribution is 0.519. The molecule has 3 rings (SSSR count). The van der Waals surface area contributed by atoms with Crippen LogP contribution >= 0.6 is 12.4 Å². The van der Waals surface area contributed by atoms with E-state index < -0.39 is 10.0 Å². The van der Waals surface area contributed by atoms with Crippen molar-refractivity contribution in [1.82, 2.24) is 4.72 Å². The molecule has 0 amide bonds. The Balaban J connectivity index is 0.00000192. The van der Waals surface area contributed by atoms with Gasteiger partial charge in [0.2, 0.25) is 10.0 Å². The van der Waals surface area contributed by atoms with Crippen molar-refractivity contribution in [2.45, 2.75) is 23.8 Å². The minimum atomic E-state index is -3.59. The van der Waals surface area contributed by atoms with Gasteiger partial charge in [0.25, 0.3) is 0 Å². The molecule has 4 nitrogen and oxygen atoms in total. The second kappa shape index (κ2) is 7.45. The number of nitrogens with one attached hydrogen (secondary N) is 1. The van der Waals surface area contributed by atoms with Gasteiger partial charge in [-0.05, 0) is 30.4 Å². The van der Waals surface area contributed by atoms with E-state index in [-0.39, 0.29) is 18.4 Å². The molecule has 124 valence electrons. The second-order valence-corrected chi connectivity index (χ2v) is 7.35. The first-order valence-electron chi connectivity index (χ1n) is 7.48. The fourth-order valence-corrected chi connectivity index (χ4v) is 4.20. The third-order valence-electron chi connectivity index (χ3n) is 4.01. The molecule has 1 aliphatic rings. The van der Waals surface area contributed by atoms with Crippen molar-refractivity contribution in [3.8, 4) is 11.1 Å². The number of hydrogen-bond acceptors (Lipinski definition) is 3. The van der Waals surface area contributed by atoms with Crippen LogP contribution in [-0.2, 0) is 10.0 Å². The van der Waals surface area contributed by atoms with E-state index in [1.165, 1.54) is 0 Å². The molecule has 1 saturated carbocycles. The molecule has 3 N–H and O–H groups in total. The highest BCUT2D eigenvalue weighted by molar-refractivity contribution is 7.89. The van der Waals surface area contributed by atoms with E-state index in [1.807, 2.05) is 42.5 Å². The Hall–Kier alpha value is -1.40. The largest absolute Gasteiger partial charge is 0.329 e. The van der Waals surface area contributed by atoms with Gasteiger partial charge in [0, 0.05) is 18.2 Å². The molecule has 1 atom stereocenters. The lowest BCUT2D eigenvalue weighted by Gasteiger charge is -2.18. The van der Waals surface area contributed by atoms with Crippen molar-refractivity contribution < 1.29 is 8.42 Å². The minimum Gasteiger partial charge on any atom is -0.329 e. The smallest absolute Gasteiger partial charge is 0.241 e. The normalized spacial score (nSPS) is 15.7. The van der Waals surface area contributed by atoms with E-state index in [0.29, 0.717) is 22.9 Å². The monoisotopic (exact) mass is 352 g/mol. The van der Waals surface area contributed by atoms with E-state index in [0.717, 1.165) is 18.4 Å². The van der Waals surface area contributed by atoms with Gasteiger partial charge in [-0.3, -0.25) is 0 Å². The third kappa shape index (κ3) is 4.12. The van der Waals surface area contributed by atoms with Gasteiger partial charge < -0.3 is 5.73 Å². The van der Waals surface area contributed by atoms with Gasteiger partial charge in [0.05, 0.1) is 4.90 Å². The Labute approximate surface area is 143 Å². The molecule has 1 unspecified atom stereocenters. The molecule has 0 saturated heterocycles. The summed E-state index contributed by atoms with van der Waals surface area (Å²) in [4.78, 5) is 0.306. The van der Waals surface area contributed by atoms with Gasteiger partial charge in [0.15, 0.2) is 0 Å². The first-order chi connectivity index (χ1) is 10.6. The van der Waals surface area contributed by atoms with Gasteiger partial charge in [-0.1, -0.05) is 48.5 Å². The maximum atomic E-state index is 12.8. The van der Waals surface area contributed by atoms with Gasteiger partial charge in [-0.2, -0.15) is 0 Å². The third-order valence-corrected chi connectivity index (χ3v) is 5.56. The summed E-state index contributed by atoms with van der Waals surface area (Å²) < 4.78 is 28.3. The van der Waals surface area contributed by atoms with Crippen LogP contribution < -0.4 is 10.5 Å². The van der Waals surface area contributed by atoms with Gasteiger partial charge in [-0.15, -0.1) is 12.4 Å². The Kier molecular flexibility index (Phi) is 5.81. The molecular formula is C17H21ClN2O2S. The van der Waals surface area contributed by atoms with E-state index >= 15 is 0 Å². The highest BCUT2D eigenvalue weighted by Gasteiger charge is 2.34. The zero-order valence-corrected chi connectivity index (χ0v) is 14.3. The van der Waals surface area contributed by atoms with Crippen molar-refractivity contribution in [3.05, 3.63) is 54.6 Å². The molecule has 23 heavy (non-hydrogen) atoms. The summed E-state index contributed by atoms with van der Waals surface area (Å²) in [6.45, 7) is 0.331. The van der Waals surface area contributed by atoms with Crippen LogP contribution in [0, 0.1) is 5.92 Å². The average Bonchev–Trinajstić information content (AvgIpc) is 3.38. The van der Waals surface area contributed by atoms with Gasteiger partial charge in [-0.25, -0.2) is 13.1 Å². The lowest BCUT2D eigenvalue weighted by atomic mass is 10.1. The van der Waals surface area contributed by atoms with E-state index in [1.54, 1.807) is 12.1 Å². The molecule has 6 heteroatoms. The molecule has 0 aromatic heterocycles. The summed E-state index contributed by atoms with van der Waals surface area (Å²) in [5, 5.41) is 0. The Bertz CT molecular complexity index is 746. The molecule has 0 radical (unpaired) electrons. The molecule has 0 heterocycles. The van der Waals surface area contributed by atoms with Crippen LogP contribution in [0.25, 0.3) is 11.1 Å². The van der Waals surface area contributed by atoms with Crippen molar-refractivity contribution in [1.29, 1.82) is 0 Å². The van der Waals surface area contributed by atoms with Gasteiger partial charge in [0.1, 0.15) is 0 Å². The fraction of sp³-hybridized carbons (Fsp3) is 0.294. The topological polar surface area (TPSA) is 72.2 Å². The van der Waals surface area contributed by atoms with Gasteiger partial charge >= 0.3 is 0 Å². The molecule has 0 spiro atoms. The Morgan fingerprint density at radius 3 is 2.26 bits per heavy atom. The highest BCUT2D eigenvalue weighted by atomic mass is 35.5. The number of hydrogen-bond donors (Lipinski definition) is 2. The fourth-order valence-electron chi connectivity index (χ4n) is 2.66. The van der Waals surface area contributed by atoms with Crippen molar-refractivity contribution in [2.75, 3.05) is 6.54 Å². The number of nitrogens with two attached hydrogens (primary N) is 1. The Morgan fingerprint density at radius 1 is 1.04 bits per heavy atom.